The number of pyridine rings is 1. The lowest BCUT2D eigenvalue weighted by Gasteiger charge is -2.13. The topological polar surface area (TPSA) is 37.6 Å². The zero-order valence-corrected chi connectivity index (χ0v) is 15.0. The molecule has 0 N–H and O–H groups in total. The van der Waals surface area contributed by atoms with E-state index in [-0.39, 0.29) is 5.43 Å². The number of hydrogen-bond acceptors (Lipinski definition) is 3. The van der Waals surface area contributed by atoms with Crippen molar-refractivity contribution in [1.82, 2.24) is 14.3 Å². The second-order valence-corrected chi connectivity index (χ2v) is 6.98. The van der Waals surface area contributed by atoms with Crippen LogP contribution in [0.15, 0.2) is 41.2 Å². The summed E-state index contributed by atoms with van der Waals surface area (Å²) in [5.74, 6) is 1.04. The zero-order valence-electron chi connectivity index (χ0n) is 15.0. The lowest BCUT2D eigenvalue weighted by molar-refractivity contribution is 0.414. The Morgan fingerprint density at radius 1 is 1.08 bits per heavy atom. The first-order chi connectivity index (χ1) is 12.1. The number of para-hydroxylation sites is 1. The smallest absolute Gasteiger partial charge is 0.197 e. The van der Waals surface area contributed by atoms with Crippen molar-refractivity contribution in [3.63, 3.8) is 0 Å². The summed E-state index contributed by atoms with van der Waals surface area (Å²) in [6, 6.07) is 12.1. The van der Waals surface area contributed by atoms with Crippen LogP contribution in [0.2, 0.25) is 0 Å². The van der Waals surface area contributed by atoms with Crippen LogP contribution in [0.3, 0.4) is 0 Å². The minimum atomic E-state index is 0.130. The molecular weight excluding hydrogens is 310 g/mol. The molecule has 0 spiro atoms. The molecule has 4 heteroatoms. The third-order valence-electron chi connectivity index (χ3n) is 4.89. The van der Waals surface area contributed by atoms with Gasteiger partial charge in [-0.25, -0.2) is 4.98 Å². The highest BCUT2D eigenvalue weighted by Gasteiger charge is 2.19. The zero-order chi connectivity index (χ0) is 17.6. The Bertz CT molecular complexity index is 1110. The molecule has 0 aliphatic heterocycles. The number of hydrogen-bond donors (Lipinski definition) is 0. The molecule has 0 saturated carbocycles. The van der Waals surface area contributed by atoms with Crippen molar-refractivity contribution in [3.8, 4) is 0 Å². The van der Waals surface area contributed by atoms with Gasteiger partial charge in [-0.1, -0.05) is 25.1 Å². The molecule has 0 bridgehead atoms. The van der Waals surface area contributed by atoms with E-state index in [0.717, 1.165) is 64.5 Å². The van der Waals surface area contributed by atoms with Gasteiger partial charge in [-0.05, 0) is 50.7 Å². The van der Waals surface area contributed by atoms with Crippen LogP contribution in [-0.4, -0.2) is 34.9 Å². The molecule has 0 aliphatic rings. The van der Waals surface area contributed by atoms with Crippen molar-refractivity contribution in [2.24, 2.45) is 0 Å². The fourth-order valence-electron chi connectivity index (χ4n) is 3.71. The van der Waals surface area contributed by atoms with Crippen LogP contribution in [0.1, 0.15) is 24.7 Å². The van der Waals surface area contributed by atoms with Crippen LogP contribution in [0, 0.1) is 0 Å². The van der Waals surface area contributed by atoms with Gasteiger partial charge in [-0.3, -0.25) is 9.20 Å². The van der Waals surface area contributed by atoms with Crippen molar-refractivity contribution in [3.05, 3.63) is 58.0 Å². The van der Waals surface area contributed by atoms with Gasteiger partial charge in [0.15, 0.2) is 5.43 Å². The Kier molecular flexibility index (Phi) is 3.92. The predicted octanol–water partition coefficient (Wildman–Crippen LogP) is 3.50. The maximum Gasteiger partial charge on any atom is 0.197 e. The normalized spacial score (nSPS) is 12.2. The van der Waals surface area contributed by atoms with Crippen LogP contribution in [0.25, 0.3) is 27.3 Å². The van der Waals surface area contributed by atoms with E-state index >= 15 is 0 Å². The summed E-state index contributed by atoms with van der Waals surface area (Å²) in [6.45, 7) is 3.08. The van der Waals surface area contributed by atoms with E-state index in [0.29, 0.717) is 0 Å². The van der Waals surface area contributed by atoms with Crippen LogP contribution in [-0.2, 0) is 12.8 Å². The third kappa shape index (κ3) is 2.48. The first kappa shape index (κ1) is 16.0. The van der Waals surface area contributed by atoms with Gasteiger partial charge in [-0.2, -0.15) is 0 Å². The van der Waals surface area contributed by atoms with E-state index in [2.05, 4.69) is 42.5 Å². The third-order valence-corrected chi connectivity index (χ3v) is 4.89. The summed E-state index contributed by atoms with van der Waals surface area (Å²) in [5.41, 5.74) is 4.13. The van der Waals surface area contributed by atoms with Gasteiger partial charge >= 0.3 is 0 Å². The average molecular weight is 333 g/mol. The van der Waals surface area contributed by atoms with E-state index in [1.807, 2.05) is 24.3 Å². The molecule has 4 aromatic rings. The molecule has 0 aliphatic carbocycles. The Morgan fingerprint density at radius 2 is 1.88 bits per heavy atom. The highest BCUT2D eigenvalue weighted by molar-refractivity contribution is 6.03. The maximum absolute atomic E-state index is 13.3. The molecule has 4 nitrogen and oxygen atoms in total. The van der Waals surface area contributed by atoms with Gasteiger partial charge in [0.1, 0.15) is 5.82 Å². The van der Waals surface area contributed by atoms with E-state index in [1.165, 1.54) is 0 Å². The quantitative estimate of drug-likeness (QED) is 0.525. The van der Waals surface area contributed by atoms with Crippen molar-refractivity contribution < 1.29 is 0 Å². The summed E-state index contributed by atoms with van der Waals surface area (Å²) >= 11 is 0. The van der Waals surface area contributed by atoms with Gasteiger partial charge in [0.05, 0.1) is 21.9 Å². The van der Waals surface area contributed by atoms with Crippen LogP contribution < -0.4 is 5.43 Å². The minimum absolute atomic E-state index is 0.130. The van der Waals surface area contributed by atoms with Crippen molar-refractivity contribution in [1.29, 1.82) is 0 Å². The molecule has 25 heavy (non-hydrogen) atoms. The Hall–Kier alpha value is -2.46. The Balaban J connectivity index is 2.15. The number of imidazole rings is 1. The lowest BCUT2D eigenvalue weighted by Crippen LogP contribution is -2.17. The highest BCUT2D eigenvalue weighted by Crippen LogP contribution is 2.28. The molecule has 128 valence electrons. The fraction of sp³-hybridized carbons (Fsp3) is 0.333. The highest BCUT2D eigenvalue weighted by atomic mass is 16.1. The van der Waals surface area contributed by atoms with Gasteiger partial charge in [0.2, 0.25) is 0 Å². The Morgan fingerprint density at radius 3 is 2.64 bits per heavy atom. The first-order valence-corrected chi connectivity index (χ1v) is 8.94. The summed E-state index contributed by atoms with van der Waals surface area (Å²) in [6.07, 6.45) is 2.80. The fourth-order valence-corrected chi connectivity index (χ4v) is 3.71. The monoisotopic (exact) mass is 333 g/mol. The molecule has 0 saturated heterocycles. The SMILES string of the molecule is CCCc1nc2ccc(CCN(C)C)c3c(=O)c4ccccc4n1c23. The predicted molar refractivity (Wildman–Crippen MR) is 104 cm³/mol. The van der Waals surface area contributed by atoms with E-state index in [9.17, 15) is 4.79 Å². The average Bonchev–Trinajstić information content (AvgIpc) is 2.97. The van der Waals surface area contributed by atoms with Crippen molar-refractivity contribution in [2.45, 2.75) is 26.2 Å². The first-order valence-electron chi connectivity index (χ1n) is 8.94. The minimum Gasteiger partial charge on any atom is -0.309 e. The van der Waals surface area contributed by atoms with Gasteiger partial charge in [0.25, 0.3) is 0 Å². The molecule has 0 fully saturated rings. The van der Waals surface area contributed by atoms with E-state index < -0.39 is 0 Å². The second kappa shape index (κ2) is 6.12. The van der Waals surface area contributed by atoms with Gasteiger partial charge in [-0.15, -0.1) is 0 Å². The Labute approximate surface area is 147 Å². The van der Waals surface area contributed by atoms with Crippen LogP contribution in [0.4, 0.5) is 0 Å². The number of likely N-dealkylation sites (N-methyl/N-ethyl adjacent to an activating group) is 1. The number of benzene rings is 2. The number of fused-ring (bicyclic) bond motifs is 2. The van der Waals surface area contributed by atoms with Crippen LogP contribution in [0.5, 0.6) is 0 Å². The number of aromatic nitrogens is 2. The second-order valence-electron chi connectivity index (χ2n) is 6.98. The standard InChI is InChI=1S/C21H23N3O/c1-4-7-18-22-16-11-10-14(12-13-23(2)3)19-20(16)24(18)17-9-6-5-8-15(17)21(19)25/h5-6,8-11H,4,7,12-13H2,1-3H3. The summed E-state index contributed by atoms with van der Waals surface area (Å²) in [4.78, 5) is 20.3. The molecule has 2 aromatic heterocycles. The molecule has 2 heterocycles. The largest absolute Gasteiger partial charge is 0.309 e. The number of nitrogens with zero attached hydrogens (tertiary/aromatic N) is 3. The summed E-state index contributed by atoms with van der Waals surface area (Å²) in [5, 5.41) is 1.62. The summed E-state index contributed by atoms with van der Waals surface area (Å²) in [7, 11) is 4.12. The molecule has 4 rings (SSSR count). The number of aryl methyl sites for hydroxylation is 1. The molecule has 0 radical (unpaired) electrons. The molecule has 2 aromatic carbocycles. The molecular formula is C21H23N3O. The van der Waals surface area contributed by atoms with E-state index in [1.54, 1.807) is 0 Å². The van der Waals surface area contributed by atoms with E-state index in [4.69, 9.17) is 4.98 Å². The van der Waals surface area contributed by atoms with Gasteiger partial charge < -0.3 is 4.90 Å². The molecule has 0 amide bonds. The van der Waals surface area contributed by atoms with Crippen molar-refractivity contribution >= 4 is 27.3 Å². The van der Waals surface area contributed by atoms with Crippen LogP contribution >= 0.6 is 0 Å². The summed E-state index contributed by atoms with van der Waals surface area (Å²) < 4.78 is 2.21. The van der Waals surface area contributed by atoms with Gasteiger partial charge in [0, 0.05) is 18.4 Å². The molecule has 0 unspecified atom stereocenters. The lowest BCUT2D eigenvalue weighted by atomic mass is 10.0. The van der Waals surface area contributed by atoms with Crippen molar-refractivity contribution in [2.75, 3.05) is 20.6 Å². The maximum atomic E-state index is 13.3. The molecule has 0 atom stereocenters. The number of rotatable bonds is 5.